The van der Waals surface area contributed by atoms with Crippen LogP contribution in [-0.2, 0) is 4.79 Å². The third-order valence-corrected chi connectivity index (χ3v) is 3.02. The van der Waals surface area contributed by atoms with Crippen molar-refractivity contribution in [2.24, 2.45) is 5.92 Å². The number of hydrogen-bond acceptors (Lipinski definition) is 1. The van der Waals surface area contributed by atoms with Crippen LogP contribution in [0.3, 0.4) is 0 Å². The molecule has 0 aliphatic heterocycles. The summed E-state index contributed by atoms with van der Waals surface area (Å²) in [5.74, 6) is 0.739. The Morgan fingerprint density at radius 3 is 3.07 bits per heavy atom. The fourth-order valence-corrected chi connectivity index (χ4v) is 2.04. The van der Waals surface area contributed by atoms with Crippen molar-refractivity contribution in [3.05, 3.63) is 36.0 Å². The van der Waals surface area contributed by atoms with Gasteiger partial charge < -0.3 is 9.78 Å². The molecule has 1 N–H and O–H groups in total. The minimum atomic E-state index is 0.266. The van der Waals surface area contributed by atoms with Gasteiger partial charge in [0.1, 0.15) is 6.29 Å². The van der Waals surface area contributed by atoms with Gasteiger partial charge in [-0.15, -0.1) is 0 Å². The number of aromatic nitrogens is 1. The molecule has 1 heterocycles. The molecule has 3 rings (SSSR count). The molecule has 0 saturated heterocycles. The highest BCUT2D eigenvalue weighted by molar-refractivity contribution is 5.80. The number of aromatic amines is 1. The minimum Gasteiger partial charge on any atom is -0.361 e. The van der Waals surface area contributed by atoms with Crippen molar-refractivity contribution in [2.75, 3.05) is 0 Å². The molecule has 1 aliphatic carbocycles. The summed E-state index contributed by atoms with van der Waals surface area (Å²) in [7, 11) is 0. The van der Waals surface area contributed by atoms with Crippen LogP contribution in [0.5, 0.6) is 0 Å². The van der Waals surface area contributed by atoms with Gasteiger partial charge in [0, 0.05) is 17.6 Å². The summed E-state index contributed by atoms with van der Waals surface area (Å²) in [5.41, 5.74) is 2.45. The van der Waals surface area contributed by atoms with Crippen LogP contribution in [0.15, 0.2) is 30.5 Å². The van der Waals surface area contributed by atoms with E-state index in [1.54, 1.807) is 0 Å². The molecule has 0 spiro atoms. The third kappa shape index (κ3) is 1.07. The van der Waals surface area contributed by atoms with Crippen LogP contribution in [0.2, 0.25) is 0 Å². The predicted molar refractivity (Wildman–Crippen MR) is 55.2 cm³/mol. The molecule has 1 fully saturated rings. The second-order valence-electron chi connectivity index (χ2n) is 3.97. The van der Waals surface area contributed by atoms with Gasteiger partial charge in [-0.2, -0.15) is 0 Å². The lowest BCUT2D eigenvalue weighted by Gasteiger charge is -1.97. The first kappa shape index (κ1) is 7.80. The normalized spacial score (nSPS) is 25.1. The lowest BCUT2D eigenvalue weighted by Crippen LogP contribution is -1.84. The molecular formula is C12H11NO. The second-order valence-corrected chi connectivity index (χ2v) is 3.97. The van der Waals surface area contributed by atoms with Gasteiger partial charge in [-0.25, -0.2) is 0 Å². The monoisotopic (exact) mass is 185 g/mol. The number of aldehydes is 1. The van der Waals surface area contributed by atoms with E-state index in [4.69, 9.17) is 0 Å². The summed E-state index contributed by atoms with van der Waals surface area (Å²) < 4.78 is 0. The fourth-order valence-electron chi connectivity index (χ4n) is 2.04. The number of carbonyl (C=O) groups is 1. The first-order chi connectivity index (χ1) is 6.88. The van der Waals surface area contributed by atoms with Crippen LogP contribution in [0.1, 0.15) is 17.9 Å². The molecule has 2 heteroatoms. The summed E-state index contributed by atoms with van der Waals surface area (Å²) in [4.78, 5) is 13.7. The van der Waals surface area contributed by atoms with Crippen LogP contribution in [-0.4, -0.2) is 11.3 Å². The zero-order valence-electron chi connectivity index (χ0n) is 7.73. The van der Waals surface area contributed by atoms with Crippen LogP contribution in [0.25, 0.3) is 10.9 Å². The van der Waals surface area contributed by atoms with Gasteiger partial charge in [0.2, 0.25) is 0 Å². The summed E-state index contributed by atoms with van der Waals surface area (Å²) in [6.45, 7) is 0. The van der Waals surface area contributed by atoms with Crippen LogP contribution < -0.4 is 0 Å². The molecule has 0 amide bonds. The molecule has 1 aromatic carbocycles. The smallest absolute Gasteiger partial charge is 0.123 e. The van der Waals surface area contributed by atoms with Crippen LogP contribution >= 0.6 is 0 Å². The average molecular weight is 185 g/mol. The molecule has 1 aliphatic rings. The largest absolute Gasteiger partial charge is 0.361 e. The van der Waals surface area contributed by atoms with Gasteiger partial charge >= 0.3 is 0 Å². The maximum absolute atomic E-state index is 10.6. The first-order valence-electron chi connectivity index (χ1n) is 4.91. The van der Waals surface area contributed by atoms with E-state index in [2.05, 4.69) is 29.2 Å². The Morgan fingerprint density at radius 2 is 2.29 bits per heavy atom. The van der Waals surface area contributed by atoms with E-state index in [1.807, 2.05) is 6.20 Å². The molecule has 2 unspecified atom stereocenters. The molecule has 1 saturated carbocycles. The Kier molecular flexibility index (Phi) is 1.51. The lowest BCUT2D eigenvalue weighted by atomic mass is 10.1. The molecule has 2 nitrogen and oxygen atoms in total. The van der Waals surface area contributed by atoms with E-state index in [9.17, 15) is 4.79 Å². The molecule has 70 valence electrons. The van der Waals surface area contributed by atoms with E-state index in [-0.39, 0.29) is 5.92 Å². The highest BCUT2D eigenvalue weighted by Crippen LogP contribution is 2.46. The summed E-state index contributed by atoms with van der Waals surface area (Å²) in [6.07, 6.45) is 4.04. The number of rotatable bonds is 2. The van der Waals surface area contributed by atoms with Crippen molar-refractivity contribution in [3.8, 4) is 0 Å². The van der Waals surface area contributed by atoms with Crippen molar-refractivity contribution in [2.45, 2.75) is 12.3 Å². The van der Waals surface area contributed by atoms with Crippen molar-refractivity contribution in [1.29, 1.82) is 0 Å². The van der Waals surface area contributed by atoms with Crippen molar-refractivity contribution in [3.63, 3.8) is 0 Å². The standard InChI is InChI=1S/C12H11NO/c14-7-10-5-11(10)9-2-1-8-3-4-13-12(8)6-9/h1-4,6-7,10-11,13H,5H2. The topological polar surface area (TPSA) is 32.9 Å². The predicted octanol–water partition coefficient (Wildman–Crippen LogP) is 2.47. The lowest BCUT2D eigenvalue weighted by molar-refractivity contribution is -0.108. The molecular weight excluding hydrogens is 174 g/mol. The first-order valence-corrected chi connectivity index (χ1v) is 4.91. The summed E-state index contributed by atoms with van der Waals surface area (Å²) >= 11 is 0. The Labute approximate surface area is 81.9 Å². The van der Waals surface area contributed by atoms with E-state index in [1.165, 1.54) is 16.5 Å². The number of hydrogen-bond donors (Lipinski definition) is 1. The number of benzene rings is 1. The van der Waals surface area contributed by atoms with Gasteiger partial charge in [0.05, 0.1) is 0 Å². The summed E-state index contributed by atoms with van der Waals surface area (Å²) in [5, 5.41) is 1.23. The fraction of sp³-hybridized carbons (Fsp3) is 0.250. The molecule has 14 heavy (non-hydrogen) atoms. The third-order valence-electron chi connectivity index (χ3n) is 3.02. The molecule has 2 aromatic rings. The van der Waals surface area contributed by atoms with E-state index in [0.29, 0.717) is 5.92 Å². The van der Waals surface area contributed by atoms with Gasteiger partial charge in [-0.1, -0.05) is 12.1 Å². The maximum Gasteiger partial charge on any atom is 0.123 e. The van der Waals surface area contributed by atoms with Crippen molar-refractivity contribution >= 4 is 17.2 Å². The van der Waals surface area contributed by atoms with Crippen LogP contribution in [0, 0.1) is 5.92 Å². The molecule has 0 bridgehead atoms. The van der Waals surface area contributed by atoms with Gasteiger partial charge in [0.15, 0.2) is 0 Å². The number of carbonyl (C=O) groups excluding carboxylic acids is 1. The van der Waals surface area contributed by atoms with Gasteiger partial charge in [0.25, 0.3) is 0 Å². The van der Waals surface area contributed by atoms with Gasteiger partial charge in [-0.3, -0.25) is 0 Å². The van der Waals surface area contributed by atoms with Crippen molar-refractivity contribution in [1.82, 2.24) is 4.98 Å². The number of fused-ring (bicyclic) bond motifs is 1. The zero-order valence-corrected chi connectivity index (χ0v) is 7.73. The highest BCUT2D eigenvalue weighted by atomic mass is 16.1. The second kappa shape index (κ2) is 2.71. The van der Waals surface area contributed by atoms with Crippen molar-refractivity contribution < 1.29 is 4.79 Å². The maximum atomic E-state index is 10.6. The Hall–Kier alpha value is -1.57. The number of H-pyrrole nitrogens is 1. The molecule has 0 radical (unpaired) electrons. The Bertz CT molecular complexity index is 486. The van der Waals surface area contributed by atoms with E-state index >= 15 is 0 Å². The zero-order chi connectivity index (χ0) is 9.54. The average Bonchev–Trinajstić information content (AvgIpc) is 2.87. The molecule has 1 aromatic heterocycles. The van der Waals surface area contributed by atoms with E-state index < -0.39 is 0 Å². The quantitative estimate of drug-likeness (QED) is 0.716. The SMILES string of the molecule is O=CC1CC1c1ccc2cc[nH]c2c1. The Morgan fingerprint density at radius 1 is 1.36 bits per heavy atom. The number of nitrogens with one attached hydrogen (secondary N) is 1. The minimum absolute atomic E-state index is 0.266. The van der Waals surface area contributed by atoms with Gasteiger partial charge in [-0.05, 0) is 35.4 Å². The van der Waals surface area contributed by atoms with Crippen LogP contribution in [0.4, 0.5) is 0 Å². The molecule has 2 atom stereocenters. The Balaban J connectivity index is 2.02. The van der Waals surface area contributed by atoms with E-state index in [0.717, 1.165) is 12.7 Å². The summed E-state index contributed by atoms with van der Waals surface area (Å²) in [6, 6.07) is 8.46. The highest BCUT2D eigenvalue weighted by Gasteiger charge is 2.37.